The third kappa shape index (κ3) is 3.18. The van der Waals surface area contributed by atoms with Crippen LogP contribution in [0.4, 0.5) is 13.2 Å². The second-order valence-corrected chi connectivity index (χ2v) is 4.94. The fourth-order valence-electron chi connectivity index (χ4n) is 2.23. The number of rotatable bonds is 2. The van der Waals surface area contributed by atoms with Crippen LogP contribution in [0.2, 0.25) is 0 Å². The molecule has 0 bridgehead atoms. The van der Waals surface area contributed by atoms with Crippen molar-refractivity contribution in [3.05, 3.63) is 82.7 Å². The molecule has 0 amide bonds. The van der Waals surface area contributed by atoms with E-state index in [2.05, 4.69) is 0 Å². The first-order valence-electron chi connectivity index (χ1n) is 6.82. The van der Waals surface area contributed by atoms with Gasteiger partial charge in [0, 0.05) is 5.56 Å². The lowest BCUT2D eigenvalue weighted by molar-refractivity contribution is -0.137. The summed E-state index contributed by atoms with van der Waals surface area (Å²) in [7, 11) is 0. The summed E-state index contributed by atoms with van der Waals surface area (Å²) >= 11 is 0. The van der Waals surface area contributed by atoms with E-state index < -0.39 is 17.4 Å². The van der Waals surface area contributed by atoms with Crippen molar-refractivity contribution in [2.75, 3.05) is 0 Å². The first-order chi connectivity index (χ1) is 10.9. The van der Waals surface area contributed by atoms with Gasteiger partial charge in [0.15, 0.2) is 0 Å². The van der Waals surface area contributed by atoms with Crippen LogP contribution in [0.5, 0.6) is 0 Å². The van der Waals surface area contributed by atoms with Gasteiger partial charge in [-0.15, -0.1) is 0 Å². The number of benzene rings is 2. The Hall–Kier alpha value is -2.82. The Labute approximate surface area is 129 Å². The Balaban J connectivity index is 1.96. The van der Waals surface area contributed by atoms with Crippen molar-refractivity contribution >= 4 is 0 Å². The van der Waals surface area contributed by atoms with E-state index in [-0.39, 0.29) is 5.76 Å². The number of hydrogen-bond donors (Lipinski definition) is 0. The van der Waals surface area contributed by atoms with Crippen LogP contribution in [0.15, 0.2) is 75.9 Å². The molecule has 3 aromatic rings. The van der Waals surface area contributed by atoms with Gasteiger partial charge in [0.2, 0.25) is 0 Å². The van der Waals surface area contributed by atoms with Gasteiger partial charge in [-0.2, -0.15) is 13.2 Å². The normalized spacial score (nSPS) is 11.4. The Bertz CT molecular complexity index is 863. The zero-order chi connectivity index (χ0) is 16.4. The predicted octanol–water partition coefficient (Wildman–Crippen LogP) is 4.99. The van der Waals surface area contributed by atoms with Crippen LogP contribution in [-0.2, 0) is 6.18 Å². The van der Waals surface area contributed by atoms with Crippen LogP contribution in [0.1, 0.15) is 5.56 Å². The van der Waals surface area contributed by atoms with Crippen molar-refractivity contribution in [1.82, 2.24) is 0 Å². The van der Waals surface area contributed by atoms with Crippen molar-refractivity contribution in [2.45, 2.75) is 6.18 Å². The lowest BCUT2D eigenvalue weighted by Gasteiger charge is -2.07. The molecule has 1 aromatic heterocycles. The molecule has 0 fully saturated rings. The van der Waals surface area contributed by atoms with E-state index in [1.807, 2.05) is 6.07 Å². The molecule has 0 saturated heterocycles. The van der Waals surface area contributed by atoms with Gasteiger partial charge < -0.3 is 4.42 Å². The first kappa shape index (κ1) is 15.1. The van der Waals surface area contributed by atoms with Gasteiger partial charge in [0.25, 0.3) is 0 Å². The second-order valence-electron chi connectivity index (χ2n) is 4.94. The summed E-state index contributed by atoms with van der Waals surface area (Å²) in [6, 6.07) is 16.7. The zero-order valence-corrected chi connectivity index (χ0v) is 11.8. The monoisotopic (exact) mass is 316 g/mol. The number of hydrogen-bond acceptors (Lipinski definition) is 2. The maximum Gasteiger partial charge on any atom is 0.416 e. The maximum atomic E-state index is 12.6. The molecule has 0 atom stereocenters. The topological polar surface area (TPSA) is 30.2 Å². The Morgan fingerprint density at radius 1 is 0.739 bits per heavy atom. The number of halogens is 3. The summed E-state index contributed by atoms with van der Waals surface area (Å²) in [6.45, 7) is 0. The number of alkyl halides is 3. The van der Waals surface area contributed by atoms with Crippen molar-refractivity contribution in [2.24, 2.45) is 0 Å². The maximum absolute atomic E-state index is 12.6. The molecule has 0 aliphatic rings. The molecule has 0 aliphatic carbocycles. The Morgan fingerprint density at radius 3 is 1.96 bits per heavy atom. The second kappa shape index (κ2) is 5.76. The highest BCUT2D eigenvalue weighted by atomic mass is 19.4. The predicted molar refractivity (Wildman–Crippen MR) is 80.9 cm³/mol. The summed E-state index contributed by atoms with van der Waals surface area (Å²) in [5.74, 6) is 0.225. The minimum atomic E-state index is -4.39. The van der Waals surface area contributed by atoms with Crippen LogP contribution in [-0.4, -0.2) is 0 Å². The third-order valence-corrected chi connectivity index (χ3v) is 3.41. The van der Waals surface area contributed by atoms with Gasteiger partial charge in [-0.05, 0) is 29.8 Å². The molecule has 23 heavy (non-hydrogen) atoms. The van der Waals surface area contributed by atoms with E-state index >= 15 is 0 Å². The summed E-state index contributed by atoms with van der Waals surface area (Å²) in [6.07, 6.45) is -4.39. The van der Waals surface area contributed by atoms with Crippen LogP contribution in [0.25, 0.3) is 22.5 Å². The molecule has 0 aliphatic heterocycles. The average Bonchev–Trinajstić information content (AvgIpc) is 2.55. The lowest BCUT2D eigenvalue weighted by Crippen LogP contribution is -2.05. The van der Waals surface area contributed by atoms with Gasteiger partial charge in [0.1, 0.15) is 5.76 Å². The fraction of sp³-hybridized carbons (Fsp3) is 0.0556. The van der Waals surface area contributed by atoms with Gasteiger partial charge in [-0.3, -0.25) is 0 Å². The smallest absolute Gasteiger partial charge is 0.416 e. The molecular formula is C18H11F3O2. The molecule has 0 spiro atoms. The average molecular weight is 316 g/mol. The van der Waals surface area contributed by atoms with Crippen LogP contribution < -0.4 is 5.63 Å². The molecule has 3 rings (SSSR count). The summed E-state index contributed by atoms with van der Waals surface area (Å²) in [5, 5.41) is 0. The zero-order valence-electron chi connectivity index (χ0n) is 11.8. The van der Waals surface area contributed by atoms with Gasteiger partial charge in [-0.25, -0.2) is 4.79 Å². The van der Waals surface area contributed by atoms with Crippen LogP contribution >= 0.6 is 0 Å². The summed E-state index contributed by atoms with van der Waals surface area (Å²) in [4.78, 5) is 12.1. The van der Waals surface area contributed by atoms with Crippen LogP contribution in [0.3, 0.4) is 0 Å². The van der Waals surface area contributed by atoms with Gasteiger partial charge in [0.05, 0.1) is 11.1 Å². The Kier molecular flexibility index (Phi) is 3.78. The molecule has 5 heteroatoms. The van der Waals surface area contributed by atoms with Crippen molar-refractivity contribution in [3.8, 4) is 22.5 Å². The standard InChI is InChI=1S/C18H11F3O2/c19-18(20,21)14-8-6-13(7-9-14)16-11-10-15(17(22)23-16)12-4-2-1-3-5-12/h1-11H. The lowest BCUT2D eigenvalue weighted by atomic mass is 10.1. The van der Waals surface area contributed by atoms with Crippen molar-refractivity contribution in [1.29, 1.82) is 0 Å². The molecule has 2 aromatic carbocycles. The van der Waals surface area contributed by atoms with E-state index in [1.165, 1.54) is 12.1 Å². The van der Waals surface area contributed by atoms with Gasteiger partial charge in [-0.1, -0.05) is 42.5 Å². The summed E-state index contributed by atoms with van der Waals surface area (Å²) in [5.41, 5.74) is 0.259. The SMILES string of the molecule is O=c1oc(-c2ccc(C(F)(F)F)cc2)ccc1-c1ccccc1. The largest absolute Gasteiger partial charge is 0.422 e. The summed E-state index contributed by atoms with van der Waals surface area (Å²) < 4.78 is 42.9. The Morgan fingerprint density at radius 2 is 1.39 bits per heavy atom. The van der Waals surface area contributed by atoms with Gasteiger partial charge >= 0.3 is 11.8 Å². The minimum absolute atomic E-state index is 0.225. The van der Waals surface area contributed by atoms with Crippen molar-refractivity contribution < 1.29 is 17.6 Å². The molecule has 2 nitrogen and oxygen atoms in total. The molecule has 116 valence electrons. The highest BCUT2D eigenvalue weighted by molar-refractivity contribution is 5.65. The molecule has 0 unspecified atom stereocenters. The van der Waals surface area contributed by atoms with E-state index in [0.29, 0.717) is 11.1 Å². The van der Waals surface area contributed by atoms with E-state index in [1.54, 1.807) is 36.4 Å². The molecule has 0 saturated carbocycles. The molecular weight excluding hydrogens is 305 g/mol. The molecule has 0 N–H and O–H groups in total. The van der Waals surface area contributed by atoms with E-state index in [4.69, 9.17) is 4.42 Å². The first-order valence-corrected chi connectivity index (χ1v) is 6.82. The highest BCUT2D eigenvalue weighted by Gasteiger charge is 2.30. The molecule has 1 heterocycles. The minimum Gasteiger partial charge on any atom is -0.422 e. The molecule has 0 radical (unpaired) electrons. The van der Waals surface area contributed by atoms with Crippen LogP contribution in [0, 0.1) is 0 Å². The fourth-order valence-corrected chi connectivity index (χ4v) is 2.23. The highest BCUT2D eigenvalue weighted by Crippen LogP contribution is 2.31. The van der Waals surface area contributed by atoms with E-state index in [9.17, 15) is 18.0 Å². The third-order valence-electron chi connectivity index (χ3n) is 3.41. The quantitative estimate of drug-likeness (QED) is 0.666. The van der Waals surface area contributed by atoms with E-state index in [0.717, 1.165) is 17.7 Å². The van der Waals surface area contributed by atoms with Crippen molar-refractivity contribution in [3.63, 3.8) is 0 Å².